The predicted molar refractivity (Wildman–Crippen MR) is 126 cm³/mol. The van der Waals surface area contributed by atoms with Crippen LogP contribution in [0, 0.1) is 0 Å². The molecule has 0 fully saturated rings. The third kappa shape index (κ3) is 10.4. The SMILES string of the molecule is CCCCCCCC(F)CCOc1cnc(-c2ccc(OCCC(F)CCC)cc2)nc1. The minimum Gasteiger partial charge on any atom is -0.493 e. The summed E-state index contributed by atoms with van der Waals surface area (Å²) in [5, 5.41) is 0. The van der Waals surface area contributed by atoms with E-state index in [0.717, 1.165) is 24.8 Å². The van der Waals surface area contributed by atoms with Crippen molar-refractivity contribution in [3.8, 4) is 22.9 Å². The van der Waals surface area contributed by atoms with Crippen LogP contribution in [-0.4, -0.2) is 35.5 Å². The van der Waals surface area contributed by atoms with Gasteiger partial charge in [0.15, 0.2) is 11.6 Å². The molecule has 0 aliphatic carbocycles. The van der Waals surface area contributed by atoms with Gasteiger partial charge in [-0.1, -0.05) is 52.4 Å². The molecule has 2 atom stereocenters. The topological polar surface area (TPSA) is 44.2 Å². The number of halogens is 2. The van der Waals surface area contributed by atoms with Gasteiger partial charge in [0.05, 0.1) is 25.6 Å². The van der Waals surface area contributed by atoms with Crippen molar-refractivity contribution in [2.75, 3.05) is 13.2 Å². The lowest BCUT2D eigenvalue weighted by Crippen LogP contribution is -2.08. The second-order valence-electron chi connectivity index (χ2n) is 8.23. The molecule has 4 nitrogen and oxygen atoms in total. The second-order valence-corrected chi connectivity index (χ2v) is 8.23. The summed E-state index contributed by atoms with van der Waals surface area (Å²) in [7, 11) is 0. The maximum atomic E-state index is 13.9. The molecule has 0 aliphatic rings. The third-order valence-corrected chi connectivity index (χ3v) is 5.36. The first-order valence-corrected chi connectivity index (χ1v) is 12.1. The van der Waals surface area contributed by atoms with Crippen molar-refractivity contribution in [3.63, 3.8) is 0 Å². The first-order valence-electron chi connectivity index (χ1n) is 12.1. The van der Waals surface area contributed by atoms with E-state index >= 15 is 0 Å². The molecule has 0 N–H and O–H groups in total. The first kappa shape index (κ1) is 26.0. The molecule has 2 unspecified atom stereocenters. The van der Waals surface area contributed by atoms with Crippen molar-refractivity contribution < 1.29 is 18.3 Å². The Hall–Kier alpha value is -2.24. The van der Waals surface area contributed by atoms with Crippen molar-refractivity contribution in [2.24, 2.45) is 0 Å². The largest absolute Gasteiger partial charge is 0.493 e. The molecule has 0 amide bonds. The molecular formula is C26H38F2N2O2. The van der Waals surface area contributed by atoms with Gasteiger partial charge in [0, 0.05) is 18.4 Å². The van der Waals surface area contributed by atoms with E-state index in [2.05, 4.69) is 16.9 Å². The van der Waals surface area contributed by atoms with Gasteiger partial charge >= 0.3 is 0 Å². The Morgan fingerprint density at radius 1 is 0.688 bits per heavy atom. The van der Waals surface area contributed by atoms with E-state index in [1.54, 1.807) is 12.4 Å². The van der Waals surface area contributed by atoms with Crippen LogP contribution < -0.4 is 9.47 Å². The highest BCUT2D eigenvalue weighted by molar-refractivity contribution is 5.56. The lowest BCUT2D eigenvalue weighted by Gasteiger charge is -2.10. The molecule has 1 heterocycles. The molecule has 32 heavy (non-hydrogen) atoms. The Morgan fingerprint density at radius 3 is 1.91 bits per heavy atom. The number of unbranched alkanes of at least 4 members (excludes halogenated alkanes) is 4. The zero-order valence-corrected chi connectivity index (χ0v) is 19.6. The summed E-state index contributed by atoms with van der Waals surface area (Å²) < 4.78 is 38.7. The third-order valence-electron chi connectivity index (χ3n) is 5.36. The summed E-state index contributed by atoms with van der Waals surface area (Å²) in [5.41, 5.74) is 0.852. The Labute approximate surface area is 191 Å². The monoisotopic (exact) mass is 448 g/mol. The number of ether oxygens (including phenoxy) is 2. The van der Waals surface area contributed by atoms with Crippen LogP contribution in [0.3, 0.4) is 0 Å². The van der Waals surface area contributed by atoms with Gasteiger partial charge in [-0.2, -0.15) is 0 Å². The molecule has 1 aromatic heterocycles. The minimum atomic E-state index is -0.819. The highest BCUT2D eigenvalue weighted by Gasteiger charge is 2.08. The minimum absolute atomic E-state index is 0.322. The van der Waals surface area contributed by atoms with Crippen molar-refractivity contribution in [3.05, 3.63) is 36.7 Å². The number of hydrogen-bond acceptors (Lipinski definition) is 4. The molecule has 178 valence electrons. The summed E-state index contributed by atoms with van der Waals surface area (Å²) in [5.74, 6) is 1.81. The predicted octanol–water partition coefficient (Wildman–Crippen LogP) is 7.52. The number of alkyl halides is 2. The average molecular weight is 449 g/mol. The van der Waals surface area contributed by atoms with E-state index in [4.69, 9.17) is 9.47 Å². The highest BCUT2D eigenvalue weighted by atomic mass is 19.1. The van der Waals surface area contributed by atoms with E-state index in [1.807, 2.05) is 31.2 Å². The summed E-state index contributed by atoms with van der Waals surface area (Å²) in [6.45, 7) is 4.84. The molecule has 2 rings (SSSR count). The Bertz CT molecular complexity index is 726. The standard InChI is InChI=1S/C26H38F2N2O2/c1-3-5-6-7-8-10-23(28)16-18-32-25-19-29-26(30-20-25)21-11-13-24(14-12-21)31-17-15-22(27)9-4-2/h11-14,19-20,22-23H,3-10,15-18H2,1-2H3. The van der Waals surface area contributed by atoms with Gasteiger partial charge in [0.2, 0.25) is 0 Å². The fourth-order valence-electron chi connectivity index (χ4n) is 3.42. The van der Waals surface area contributed by atoms with Gasteiger partial charge in [-0.05, 0) is 37.1 Å². The molecule has 0 aliphatic heterocycles. The van der Waals surface area contributed by atoms with Crippen LogP contribution in [0.25, 0.3) is 11.4 Å². The van der Waals surface area contributed by atoms with Crippen LogP contribution in [-0.2, 0) is 0 Å². The van der Waals surface area contributed by atoms with Gasteiger partial charge in [-0.15, -0.1) is 0 Å². The second kappa shape index (κ2) is 15.5. The van der Waals surface area contributed by atoms with Crippen LogP contribution in [0.15, 0.2) is 36.7 Å². The van der Waals surface area contributed by atoms with Gasteiger partial charge in [0.1, 0.15) is 18.1 Å². The Balaban J connectivity index is 1.69. The quantitative estimate of drug-likeness (QED) is 0.235. The molecule has 0 saturated heterocycles. The van der Waals surface area contributed by atoms with Crippen LogP contribution >= 0.6 is 0 Å². The van der Waals surface area contributed by atoms with Crippen molar-refractivity contribution >= 4 is 0 Å². The van der Waals surface area contributed by atoms with Crippen molar-refractivity contribution in [1.29, 1.82) is 0 Å². The lowest BCUT2D eigenvalue weighted by molar-refractivity contribution is 0.221. The van der Waals surface area contributed by atoms with E-state index in [1.165, 1.54) is 19.3 Å². The molecular weight excluding hydrogens is 410 g/mol. The maximum Gasteiger partial charge on any atom is 0.159 e. The van der Waals surface area contributed by atoms with Gasteiger partial charge in [-0.25, -0.2) is 18.7 Å². The molecule has 6 heteroatoms. The fraction of sp³-hybridized carbons (Fsp3) is 0.615. The number of aromatic nitrogens is 2. The molecule has 0 saturated carbocycles. The molecule has 0 spiro atoms. The van der Waals surface area contributed by atoms with E-state index < -0.39 is 12.3 Å². The fourth-order valence-corrected chi connectivity index (χ4v) is 3.42. The lowest BCUT2D eigenvalue weighted by atomic mass is 10.1. The summed E-state index contributed by atoms with van der Waals surface area (Å²) >= 11 is 0. The van der Waals surface area contributed by atoms with Gasteiger partial charge in [0.25, 0.3) is 0 Å². The molecule has 0 radical (unpaired) electrons. The molecule has 2 aromatic rings. The number of hydrogen-bond donors (Lipinski definition) is 0. The van der Waals surface area contributed by atoms with Gasteiger partial charge in [-0.3, -0.25) is 0 Å². The van der Waals surface area contributed by atoms with E-state index in [9.17, 15) is 8.78 Å². The number of rotatable bonds is 17. The highest BCUT2D eigenvalue weighted by Crippen LogP contribution is 2.21. The summed E-state index contributed by atoms with van der Waals surface area (Å²) in [6.07, 6.45) is 10.1. The normalized spacial score (nSPS) is 13.0. The Kier molecular flexibility index (Phi) is 12.6. The van der Waals surface area contributed by atoms with Gasteiger partial charge < -0.3 is 9.47 Å². The molecule has 1 aromatic carbocycles. The summed E-state index contributed by atoms with van der Waals surface area (Å²) in [4.78, 5) is 8.68. The van der Waals surface area contributed by atoms with Crippen molar-refractivity contribution in [1.82, 2.24) is 9.97 Å². The van der Waals surface area contributed by atoms with Crippen molar-refractivity contribution in [2.45, 2.75) is 90.4 Å². The van der Waals surface area contributed by atoms with E-state index in [0.29, 0.717) is 56.2 Å². The zero-order chi connectivity index (χ0) is 23.0. The van der Waals surface area contributed by atoms with Crippen LogP contribution in [0.5, 0.6) is 11.5 Å². The zero-order valence-electron chi connectivity index (χ0n) is 19.6. The van der Waals surface area contributed by atoms with Crippen LogP contribution in [0.2, 0.25) is 0 Å². The van der Waals surface area contributed by atoms with E-state index in [-0.39, 0.29) is 0 Å². The summed E-state index contributed by atoms with van der Waals surface area (Å²) in [6, 6.07) is 7.41. The number of benzene rings is 1. The average Bonchev–Trinajstić information content (AvgIpc) is 2.80. The smallest absolute Gasteiger partial charge is 0.159 e. The number of nitrogens with zero attached hydrogens (tertiary/aromatic N) is 2. The van der Waals surface area contributed by atoms with Crippen LogP contribution in [0.4, 0.5) is 8.78 Å². The maximum absolute atomic E-state index is 13.9. The Morgan fingerprint density at radius 2 is 1.28 bits per heavy atom. The first-order chi connectivity index (χ1) is 15.6. The molecule has 0 bridgehead atoms. The van der Waals surface area contributed by atoms with Crippen LogP contribution in [0.1, 0.15) is 78.1 Å².